The van der Waals surface area contributed by atoms with Crippen molar-refractivity contribution in [2.45, 2.75) is 30.6 Å². The van der Waals surface area contributed by atoms with E-state index in [1.54, 1.807) is 12.1 Å². The van der Waals surface area contributed by atoms with Crippen molar-refractivity contribution in [3.8, 4) is 0 Å². The van der Waals surface area contributed by atoms with E-state index in [-0.39, 0.29) is 5.82 Å². The number of fused-ring (bicyclic) bond motifs is 1. The van der Waals surface area contributed by atoms with Crippen molar-refractivity contribution in [2.75, 3.05) is 6.26 Å². The van der Waals surface area contributed by atoms with E-state index in [4.69, 9.17) is 12.2 Å². The molecular weight excluding hydrogens is 267 g/mol. The molecule has 1 N–H and O–H groups in total. The Labute approximate surface area is 115 Å². The number of rotatable bonds is 2. The molecule has 1 aromatic heterocycles. The fraction of sp³-hybridized carbons (Fsp3) is 0.462. The van der Waals surface area contributed by atoms with Crippen LogP contribution in [0.15, 0.2) is 18.2 Å². The van der Waals surface area contributed by atoms with Crippen LogP contribution in [0.5, 0.6) is 0 Å². The summed E-state index contributed by atoms with van der Waals surface area (Å²) < 4.78 is 16.2. The van der Waals surface area contributed by atoms with Crippen LogP contribution in [0.25, 0.3) is 11.0 Å². The van der Waals surface area contributed by atoms with Gasteiger partial charge in [0.15, 0.2) is 4.77 Å². The molecule has 1 fully saturated rings. The van der Waals surface area contributed by atoms with Gasteiger partial charge in [-0.2, -0.15) is 11.8 Å². The molecule has 0 saturated heterocycles. The molecule has 2 aromatic rings. The Morgan fingerprint density at radius 3 is 3.00 bits per heavy atom. The van der Waals surface area contributed by atoms with E-state index in [9.17, 15) is 4.39 Å². The number of imidazole rings is 1. The monoisotopic (exact) mass is 282 g/mol. The van der Waals surface area contributed by atoms with Gasteiger partial charge >= 0.3 is 0 Å². The number of aromatic nitrogens is 2. The van der Waals surface area contributed by atoms with Crippen molar-refractivity contribution in [2.24, 2.45) is 0 Å². The molecule has 0 spiro atoms. The first-order valence-electron chi connectivity index (χ1n) is 6.11. The summed E-state index contributed by atoms with van der Waals surface area (Å²) in [5.74, 6) is -0.204. The first-order valence-corrected chi connectivity index (χ1v) is 7.81. The highest BCUT2D eigenvalue weighted by atomic mass is 32.2. The highest BCUT2D eigenvalue weighted by Crippen LogP contribution is 2.37. The summed E-state index contributed by atoms with van der Waals surface area (Å²) in [6.07, 6.45) is 5.62. The summed E-state index contributed by atoms with van der Waals surface area (Å²) >= 11 is 7.30. The fourth-order valence-electron chi connectivity index (χ4n) is 2.82. The van der Waals surface area contributed by atoms with Gasteiger partial charge < -0.3 is 9.55 Å². The zero-order valence-electron chi connectivity index (χ0n) is 10.1. The van der Waals surface area contributed by atoms with E-state index in [2.05, 4.69) is 15.8 Å². The van der Waals surface area contributed by atoms with Crippen LogP contribution in [0.1, 0.15) is 25.3 Å². The van der Waals surface area contributed by atoms with Crippen LogP contribution < -0.4 is 0 Å². The van der Waals surface area contributed by atoms with Crippen molar-refractivity contribution in [1.29, 1.82) is 0 Å². The summed E-state index contributed by atoms with van der Waals surface area (Å²) in [7, 11) is 0. The Balaban J connectivity index is 2.08. The number of H-pyrrole nitrogens is 1. The van der Waals surface area contributed by atoms with E-state index in [1.807, 2.05) is 11.8 Å². The van der Waals surface area contributed by atoms with Crippen LogP contribution in [0.4, 0.5) is 4.39 Å². The molecule has 2 atom stereocenters. The lowest BCUT2D eigenvalue weighted by molar-refractivity contribution is 0.526. The van der Waals surface area contributed by atoms with Crippen LogP contribution in [-0.4, -0.2) is 21.1 Å². The molecule has 18 heavy (non-hydrogen) atoms. The zero-order chi connectivity index (χ0) is 12.7. The van der Waals surface area contributed by atoms with Gasteiger partial charge in [-0.05, 0) is 55.9 Å². The number of hydrogen-bond acceptors (Lipinski definition) is 2. The van der Waals surface area contributed by atoms with Crippen LogP contribution in [0, 0.1) is 10.6 Å². The second-order valence-corrected chi connectivity index (χ2v) is 6.31. The Bertz CT molecular complexity index is 631. The van der Waals surface area contributed by atoms with Gasteiger partial charge in [-0.1, -0.05) is 0 Å². The van der Waals surface area contributed by atoms with Gasteiger partial charge in [0.25, 0.3) is 0 Å². The smallest absolute Gasteiger partial charge is 0.178 e. The van der Waals surface area contributed by atoms with Gasteiger partial charge in [0, 0.05) is 11.3 Å². The van der Waals surface area contributed by atoms with Gasteiger partial charge in [-0.25, -0.2) is 4.39 Å². The van der Waals surface area contributed by atoms with Gasteiger partial charge in [-0.3, -0.25) is 0 Å². The first-order chi connectivity index (χ1) is 8.69. The summed E-state index contributed by atoms with van der Waals surface area (Å²) in [6.45, 7) is 0. The molecule has 0 radical (unpaired) electrons. The molecule has 2 nitrogen and oxygen atoms in total. The molecule has 1 saturated carbocycles. The number of thioether (sulfide) groups is 1. The third kappa shape index (κ3) is 1.99. The van der Waals surface area contributed by atoms with Crippen molar-refractivity contribution in [3.63, 3.8) is 0 Å². The SMILES string of the molecule is CSC1CCC(n2c(=S)[nH]c3ccc(F)cc32)C1. The summed E-state index contributed by atoms with van der Waals surface area (Å²) in [5, 5.41) is 0.704. The predicted molar refractivity (Wildman–Crippen MR) is 77.3 cm³/mol. The maximum absolute atomic E-state index is 13.4. The number of hydrogen-bond donors (Lipinski definition) is 1. The van der Waals surface area contributed by atoms with Crippen LogP contribution in [0.2, 0.25) is 0 Å². The largest absolute Gasteiger partial charge is 0.331 e. The second-order valence-electron chi connectivity index (χ2n) is 4.79. The molecule has 0 bridgehead atoms. The minimum absolute atomic E-state index is 0.204. The van der Waals surface area contributed by atoms with Gasteiger partial charge in [0.05, 0.1) is 11.0 Å². The molecular formula is C13H15FN2S2. The maximum Gasteiger partial charge on any atom is 0.178 e. The molecule has 1 aliphatic carbocycles. The lowest BCUT2D eigenvalue weighted by Crippen LogP contribution is -2.06. The summed E-state index contributed by atoms with van der Waals surface area (Å²) in [5.41, 5.74) is 1.82. The van der Waals surface area contributed by atoms with Crippen LogP contribution in [-0.2, 0) is 0 Å². The quantitative estimate of drug-likeness (QED) is 0.829. The summed E-state index contributed by atoms with van der Waals surface area (Å²) in [6, 6.07) is 5.22. The maximum atomic E-state index is 13.4. The minimum Gasteiger partial charge on any atom is -0.331 e. The fourth-order valence-corrected chi connectivity index (χ4v) is 3.97. The summed E-state index contributed by atoms with van der Waals surface area (Å²) in [4.78, 5) is 3.17. The average Bonchev–Trinajstić information content (AvgIpc) is 2.92. The molecule has 1 heterocycles. The minimum atomic E-state index is -0.204. The lowest BCUT2D eigenvalue weighted by atomic mass is 10.2. The highest BCUT2D eigenvalue weighted by molar-refractivity contribution is 7.99. The van der Waals surface area contributed by atoms with Crippen molar-refractivity contribution in [3.05, 3.63) is 28.8 Å². The van der Waals surface area contributed by atoms with Crippen LogP contribution in [0.3, 0.4) is 0 Å². The molecule has 5 heteroatoms. The number of nitrogens with one attached hydrogen (secondary N) is 1. The van der Waals surface area contributed by atoms with E-state index in [0.717, 1.165) is 23.9 Å². The van der Waals surface area contributed by atoms with Crippen molar-refractivity contribution >= 4 is 35.0 Å². The molecule has 0 amide bonds. The molecule has 2 unspecified atom stereocenters. The first kappa shape index (κ1) is 12.2. The number of aromatic amines is 1. The number of benzene rings is 1. The third-order valence-corrected chi connectivity index (χ3v) is 5.13. The molecule has 1 aromatic carbocycles. The standard InChI is InChI=1S/C13H15FN2S2/c1-18-10-4-3-9(7-10)16-12-6-8(14)2-5-11(12)15-13(16)17/h2,5-6,9-10H,3-4,7H2,1H3,(H,15,17). The Morgan fingerprint density at radius 2 is 2.28 bits per heavy atom. The Kier molecular flexibility index (Phi) is 3.20. The zero-order valence-corrected chi connectivity index (χ0v) is 11.8. The van der Waals surface area contributed by atoms with Crippen LogP contribution >= 0.6 is 24.0 Å². The average molecular weight is 282 g/mol. The van der Waals surface area contributed by atoms with E-state index >= 15 is 0 Å². The lowest BCUT2D eigenvalue weighted by Gasteiger charge is -2.13. The van der Waals surface area contributed by atoms with Gasteiger partial charge in [0.2, 0.25) is 0 Å². The van der Waals surface area contributed by atoms with Crippen molar-refractivity contribution < 1.29 is 4.39 Å². The van der Waals surface area contributed by atoms with Gasteiger partial charge in [0.1, 0.15) is 5.82 Å². The highest BCUT2D eigenvalue weighted by Gasteiger charge is 2.26. The second kappa shape index (κ2) is 4.70. The van der Waals surface area contributed by atoms with E-state index < -0.39 is 0 Å². The topological polar surface area (TPSA) is 20.7 Å². The predicted octanol–water partition coefficient (Wildman–Crippen LogP) is 4.29. The number of halogens is 1. The number of nitrogens with zero attached hydrogens (tertiary/aromatic N) is 1. The van der Waals surface area contributed by atoms with Gasteiger partial charge in [-0.15, -0.1) is 0 Å². The molecule has 1 aliphatic rings. The molecule has 0 aliphatic heterocycles. The third-order valence-electron chi connectivity index (χ3n) is 3.74. The van der Waals surface area contributed by atoms with Crippen molar-refractivity contribution in [1.82, 2.24) is 9.55 Å². The normalized spacial score (nSPS) is 23.9. The Hall–Kier alpha value is -0.810. The molecule has 96 valence electrons. The molecule has 3 rings (SSSR count). The van der Waals surface area contributed by atoms with E-state index in [1.165, 1.54) is 12.5 Å². The van der Waals surface area contributed by atoms with E-state index in [0.29, 0.717) is 16.1 Å². The Morgan fingerprint density at radius 1 is 1.44 bits per heavy atom.